The molecule has 1 fully saturated rings. The van der Waals surface area contributed by atoms with E-state index in [0.29, 0.717) is 5.15 Å². The van der Waals surface area contributed by atoms with Crippen molar-refractivity contribution < 1.29 is 0 Å². The monoisotopic (exact) mass is 414 g/mol. The predicted octanol–water partition coefficient (Wildman–Crippen LogP) is 2.86. The quantitative estimate of drug-likeness (QED) is 0.677. The first kappa shape index (κ1) is 20.4. The van der Waals surface area contributed by atoms with E-state index in [1.807, 2.05) is 0 Å². The van der Waals surface area contributed by atoms with Crippen molar-refractivity contribution in [1.29, 1.82) is 0 Å². The third-order valence-electron chi connectivity index (χ3n) is 5.89. The third-order valence-corrected chi connectivity index (χ3v) is 6.21. The highest BCUT2D eigenvalue weighted by Crippen LogP contribution is 2.33. The van der Waals surface area contributed by atoms with Crippen molar-refractivity contribution in [3.05, 3.63) is 35.0 Å². The van der Waals surface area contributed by atoms with Crippen molar-refractivity contribution >= 4 is 23.1 Å². The topological polar surface area (TPSA) is 38.7 Å². The minimum absolute atomic E-state index is 0.600. The van der Waals surface area contributed by atoms with Crippen molar-refractivity contribution in [3.63, 3.8) is 0 Å². The molecule has 0 amide bonds. The number of aromatic nitrogens is 2. The molecular weight excluding hydrogens is 384 g/mol. The van der Waals surface area contributed by atoms with Crippen LogP contribution in [0.1, 0.15) is 12.0 Å². The Morgan fingerprint density at radius 1 is 1.00 bits per heavy atom. The normalized spacial score (nSPS) is 17.3. The minimum Gasteiger partial charge on any atom is -0.369 e. The van der Waals surface area contributed by atoms with Gasteiger partial charge >= 0.3 is 0 Å². The van der Waals surface area contributed by atoms with Crippen LogP contribution in [0.25, 0.3) is 11.4 Å². The largest absolute Gasteiger partial charge is 0.369 e. The van der Waals surface area contributed by atoms with Gasteiger partial charge in [0.2, 0.25) is 0 Å². The first-order chi connectivity index (χ1) is 14.0. The minimum atomic E-state index is 0.600. The molecule has 0 unspecified atom stereocenters. The van der Waals surface area contributed by atoms with Crippen LogP contribution in [-0.4, -0.2) is 86.7 Å². The van der Waals surface area contributed by atoms with Crippen LogP contribution in [0, 0.1) is 0 Å². The van der Waals surface area contributed by atoms with Crippen LogP contribution >= 0.6 is 11.6 Å². The van der Waals surface area contributed by atoms with Gasteiger partial charge < -0.3 is 19.6 Å². The standard InChI is InChI=1S/C22H31ClN6/c1-26(2)10-4-11-29-12-9-19-20(23)24-21(25-22(19)29)17-5-7-18(8-6-17)28-15-13-27(3)14-16-28/h5-8H,4,9-16H2,1-3H3. The summed E-state index contributed by atoms with van der Waals surface area (Å²) < 4.78 is 0. The Morgan fingerprint density at radius 2 is 1.72 bits per heavy atom. The number of piperazine rings is 1. The highest BCUT2D eigenvalue weighted by atomic mass is 35.5. The molecule has 2 aliphatic rings. The van der Waals surface area contributed by atoms with Crippen molar-refractivity contribution in [1.82, 2.24) is 19.8 Å². The molecule has 0 spiro atoms. The van der Waals surface area contributed by atoms with Crippen LogP contribution in [0.3, 0.4) is 0 Å². The molecule has 29 heavy (non-hydrogen) atoms. The number of hydrogen-bond acceptors (Lipinski definition) is 6. The average molecular weight is 415 g/mol. The molecule has 0 aliphatic carbocycles. The van der Waals surface area contributed by atoms with Gasteiger partial charge in [-0.25, -0.2) is 9.97 Å². The summed E-state index contributed by atoms with van der Waals surface area (Å²) in [5, 5.41) is 0.600. The molecule has 1 saturated heterocycles. The number of hydrogen-bond donors (Lipinski definition) is 0. The summed E-state index contributed by atoms with van der Waals surface area (Å²) in [6.07, 6.45) is 2.04. The Hall–Kier alpha value is -1.89. The zero-order valence-corrected chi connectivity index (χ0v) is 18.5. The van der Waals surface area contributed by atoms with Crippen molar-refractivity contribution in [2.45, 2.75) is 12.8 Å². The Labute approximate surface area is 179 Å². The predicted molar refractivity (Wildman–Crippen MR) is 121 cm³/mol. The summed E-state index contributed by atoms with van der Waals surface area (Å²) >= 11 is 6.54. The van der Waals surface area contributed by atoms with Crippen LogP contribution < -0.4 is 9.80 Å². The highest BCUT2D eigenvalue weighted by molar-refractivity contribution is 6.30. The number of rotatable bonds is 6. The molecule has 0 radical (unpaired) electrons. The molecule has 1 aromatic carbocycles. The second kappa shape index (κ2) is 8.86. The smallest absolute Gasteiger partial charge is 0.163 e. The number of fused-ring (bicyclic) bond motifs is 1. The van der Waals surface area contributed by atoms with Crippen LogP contribution in [-0.2, 0) is 6.42 Å². The molecular formula is C22H31ClN6. The van der Waals surface area contributed by atoms with E-state index in [9.17, 15) is 0 Å². The fraction of sp³-hybridized carbons (Fsp3) is 0.545. The fourth-order valence-electron chi connectivity index (χ4n) is 4.09. The molecule has 0 atom stereocenters. The van der Waals surface area contributed by atoms with Gasteiger partial charge in [0.05, 0.1) is 0 Å². The van der Waals surface area contributed by atoms with E-state index >= 15 is 0 Å². The average Bonchev–Trinajstić information content (AvgIpc) is 3.12. The van der Waals surface area contributed by atoms with Crippen molar-refractivity contribution in [3.8, 4) is 11.4 Å². The van der Waals surface area contributed by atoms with E-state index in [4.69, 9.17) is 16.6 Å². The molecule has 0 saturated carbocycles. The lowest BCUT2D eigenvalue weighted by molar-refractivity contribution is 0.313. The van der Waals surface area contributed by atoms with E-state index < -0.39 is 0 Å². The molecule has 4 rings (SSSR count). The lowest BCUT2D eigenvalue weighted by Crippen LogP contribution is -2.44. The molecule has 2 aromatic rings. The van der Waals surface area contributed by atoms with Gasteiger partial charge in [0.1, 0.15) is 11.0 Å². The van der Waals surface area contributed by atoms with Gasteiger partial charge in [0.25, 0.3) is 0 Å². The summed E-state index contributed by atoms with van der Waals surface area (Å²) in [6, 6.07) is 8.61. The second-order valence-corrected chi connectivity index (χ2v) is 8.73. The molecule has 156 valence electrons. The number of halogens is 1. The summed E-state index contributed by atoms with van der Waals surface area (Å²) in [5.74, 6) is 1.74. The van der Waals surface area contributed by atoms with E-state index in [1.165, 1.54) is 5.69 Å². The first-order valence-electron chi connectivity index (χ1n) is 10.5. The molecule has 7 heteroatoms. The third kappa shape index (κ3) is 4.65. The molecule has 3 heterocycles. The molecule has 0 N–H and O–H groups in total. The lowest BCUT2D eigenvalue weighted by atomic mass is 10.1. The lowest BCUT2D eigenvalue weighted by Gasteiger charge is -2.34. The van der Waals surface area contributed by atoms with Crippen molar-refractivity contribution in [2.75, 3.05) is 76.8 Å². The Morgan fingerprint density at radius 3 is 2.41 bits per heavy atom. The highest BCUT2D eigenvalue weighted by Gasteiger charge is 2.25. The van der Waals surface area contributed by atoms with Gasteiger partial charge in [-0.2, -0.15) is 0 Å². The van der Waals surface area contributed by atoms with Gasteiger partial charge in [-0.3, -0.25) is 0 Å². The van der Waals surface area contributed by atoms with E-state index in [2.05, 4.69) is 70.0 Å². The maximum absolute atomic E-state index is 6.54. The molecule has 6 nitrogen and oxygen atoms in total. The van der Waals surface area contributed by atoms with Gasteiger partial charge in [-0.1, -0.05) is 11.6 Å². The Bertz CT molecular complexity index is 830. The van der Waals surface area contributed by atoms with Crippen molar-refractivity contribution in [2.24, 2.45) is 0 Å². The van der Waals surface area contributed by atoms with Crippen LogP contribution in [0.4, 0.5) is 11.5 Å². The van der Waals surface area contributed by atoms with E-state index in [1.54, 1.807) is 0 Å². The Kier molecular flexibility index (Phi) is 6.23. The van der Waals surface area contributed by atoms with Crippen LogP contribution in [0.2, 0.25) is 5.15 Å². The van der Waals surface area contributed by atoms with Gasteiger partial charge in [-0.05, 0) is 64.8 Å². The molecule has 1 aromatic heterocycles. The number of nitrogens with zero attached hydrogens (tertiary/aromatic N) is 6. The van der Waals surface area contributed by atoms with Gasteiger partial charge in [-0.15, -0.1) is 0 Å². The van der Waals surface area contributed by atoms with Crippen LogP contribution in [0.5, 0.6) is 0 Å². The molecule has 0 bridgehead atoms. The molecule has 2 aliphatic heterocycles. The maximum Gasteiger partial charge on any atom is 0.163 e. The first-order valence-corrected chi connectivity index (χ1v) is 10.9. The van der Waals surface area contributed by atoms with Gasteiger partial charge in [0.15, 0.2) is 5.82 Å². The maximum atomic E-state index is 6.54. The SMILES string of the molecule is CN(C)CCCN1CCc2c(Cl)nc(-c3ccc(N4CCN(C)CC4)cc3)nc21. The summed E-state index contributed by atoms with van der Waals surface area (Å²) in [7, 11) is 6.40. The van der Waals surface area contributed by atoms with Gasteiger partial charge in [0, 0.05) is 56.1 Å². The van der Waals surface area contributed by atoms with E-state index in [-0.39, 0.29) is 0 Å². The number of benzene rings is 1. The summed E-state index contributed by atoms with van der Waals surface area (Å²) in [4.78, 5) is 18.9. The summed E-state index contributed by atoms with van der Waals surface area (Å²) in [5.41, 5.74) is 3.38. The zero-order chi connectivity index (χ0) is 20.4. The summed E-state index contributed by atoms with van der Waals surface area (Å²) in [6.45, 7) is 7.40. The number of anilines is 2. The van der Waals surface area contributed by atoms with E-state index in [0.717, 1.165) is 81.4 Å². The second-order valence-electron chi connectivity index (χ2n) is 8.37. The Balaban J connectivity index is 1.51. The number of likely N-dealkylation sites (N-methyl/N-ethyl adjacent to an activating group) is 1. The fourth-order valence-corrected chi connectivity index (χ4v) is 4.34. The van der Waals surface area contributed by atoms with Crippen LogP contribution in [0.15, 0.2) is 24.3 Å². The zero-order valence-electron chi connectivity index (χ0n) is 17.7.